The van der Waals surface area contributed by atoms with Crippen LogP contribution in [0.25, 0.3) is 0 Å². The van der Waals surface area contributed by atoms with Gasteiger partial charge in [0.1, 0.15) is 0 Å². The van der Waals surface area contributed by atoms with E-state index >= 15 is 0 Å². The van der Waals surface area contributed by atoms with Crippen molar-refractivity contribution in [1.82, 2.24) is 9.47 Å². The summed E-state index contributed by atoms with van der Waals surface area (Å²) in [6, 6.07) is 4.66. The average Bonchev–Trinajstić information content (AvgIpc) is 2.63. The summed E-state index contributed by atoms with van der Waals surface area (Å²) in [5, 5.41) is 9.92. The molecule has 0 radical (unpaired) electrons. The zero-order valence-corrected chi connectivity index (χ0v) is 11.6. The second-order valence-corrected chi connectivity index (χ2v) is 5.08. The van der Waals surface area contributed by atoms with E-state index in [0.29, 0.717) is 6.04 Å². The Bertz CT molecular complexity index is 320. The smallest absolute Gasteiger partial charge is 0.0667 e. The van der Waals surface area contributed by atoms with Crippen molar-refractivity contribution in [2.24, 2.45) is 7.05 Å². The first-order valence-corrected chi connectivity index (χ1v) is 6.57. The minimum absolute atomic E-state index is 0.206. The average molecular weight is 238 g/mol. The molecule has 0 bridgehead atoms. The van der Waals surface area contributed by atoms with Gasteiger partial charge in [0.25, 0.3) is 0 Å². The van der Waals surface area contributed by atoms with E-state index < -0.39 is 0 Å². The van der Waals surface area contributed by atoms with E-state index in [1.165, 1.54) is 5.69 Å². The fraction of sp³-hybridized carbons (Fsp3) is 0.714. The van der Waals surface area contributed by atoms with Gasteiger partial charge < -0.3 is 9.67 Å². The Labute approximate surface area is 105 Å². The maximum absolute atomic E-state index is 9.92. The van der Waals surface area contributed by atoms with Crippen LogP contribution in [-0.2, 0) is 13.6 Å². The first kappa shape index (κ1) is 14.3. The van der Waals surface area contributed by atoms with Crippen molar-refractivity contribution in [3.05, 3.63) is 24.0 Å². The van der Waals surface area contributed by atoms with Crippen LogP contribution in [0, 0.1) is 0 Å². The lowest BCUT2D eigenvalue weighted by Gasteiger charge is -2.28. The first-order valence-electron chi connectivity index (χ1n) is 6.57. The Morgan fingerprint density at radius 2 is 2.12 bits per heavy atom. The second kappa shape index (κ2) is 6.82. The molecular weight excluding hydrogens is 212 g/mol. The van der Waals surface area contributed by atoms with Gasteiger partial charge in [-0.25, -0.2) is 0 Å². The summed E-state index contributed by atoms with van der Waals surface area (Å²) in [4.78, 5) is 2.33. The third-order valence-corrected chi connectivity index (χ3v) is 3.21. The summed E-state index contributed by atoms with van der Waals surface area (Å²) >= 11 is 0. The van der Waals surface area contributed by atoms with Gasteiger partial charge in [-0.15, -0.1) is 0 Å². The van der Waals surface area contributed by atoms with Crippen molar-refractivity contribution in [2.45, 2.75) is 52.3 Å². The normalized spacial score (nSPS) is 13.6. The number of aromatic nitrogens is 1. The molecule has 1 atom stereocenters. The Kier molecular flexibility index (Phi) is 5.72. The van der Waals surface area contributed by atoms with Crippen molar-refractivity contribution in [3.8, 4) is 0 Å². The minimum Gasteiger partial charge on any atom is -0.392 e. The van der Waals surface area contributed by atoms with Crippen molar-refractivity contribution in [1.29, 1.82) is 0 Å². The fourth-order valence-electron chi connectivity index (χ4n) is 2.02. The molecule has 0 aliphatic carbocycles. The van der Waals surface area contributed by atoms with Crippen molar-refractivity contribution in [2.75, 3.05) is 6.54 Å². The molecule has 98 valence electrons. The lowest BCUT2D eigenvalue weighted by atomic mass is 10.1. The van der Waals surface area contributed by atoms with Crippen LogP contribution in [0.2, 0.25) is 0 Å². The summed E-state index contributed by atoms with van der Waals surface area (Å²) in [5.74, 6) is 0. The van der Waals surface area contributed by atoms with Crippen molar-refractivity contribution in [3.63, 3.8) is 0 Å². The van der Waals surface area contributed by atoms with E-state index in [9.17, 15) is 5.11 Å². The molecule has 1 unspecified atom stereocenters. The Morgan fingerprint density at radius 1 is 1.41 bits per heavy atom. The molecule has 3 nitrogen and oxygen atoms in total. The van der Waals surface area contributed by atoms with Crippen LogP contribution in [0.4, 0.5) is 0 Å². The Balaban J connectivity index is 2.58. The summed E-state index contributed by atoms with van der Waals surface area (Å²) in [6.07, 6.45) is 3.78. The van der Waals surface area contributed by atoms with Gasteiger partial charge in [-0.3, -0.25) is 4.90 Å². The fourth-order valence-corrected chi connectivity index (χ4v) is 2.02. The third kappa shape index (κ3) is 4.52. The number of hydrogen-bond donors (Lipinski definition) is 1. The highest BCUT2D eigenvalue weighted by Gasteiger charge is 2.15. The van der Waals surface area contributed by atoms with Gasteiger partial charge in [0.05, 0.1) is 6.10 Å². The molecule has 1 N–H and O–H groups in total. The summed E-state index contributed by atoms with van der Waals surface area (Å²) < 4.78 is 2.14. The van der Waals surface area contributed by atoms with Crippen molar-refractivity contribution >= 4 is 0 Å². The van der Waals surface area contributed by atoms with Gasteiger partial charge in [-0.05, 0) is 32.4 Å². The van der Waals surface area contributed by atoms with Crippen LogP contribution in [0.15, 0.2) is 18.3 Å². The lowest BCUT2D eigenvalue weighted by molar-refractivity contribution is 0.0830. The molecule has 1 rings (SSSR count). The molecule has 1 heterocycles. The zero-order valence-electron chi connectivity index (χ0n) is 11.6. The molecule has 0 amide bonds. The molecular formula is C14H26N2O. The van der Waals surface area contributed by atoms with Crippen LogP contribution in [0.3, 0.4) is 0 Å². The first-order chi connectivity index (χ1) is 8.04. The Morgan fingerprint density at radius 3 is 2.59 bits per heavy atom. The maximum atomic E-state index is 9.92. The van der Waals surface area contributed by atoms with E-state index in [1.54, 1.807) is 0 Å². The maximum Gasteiger partial charge on any atom is 0.0667 e. The topological polar surface area (TPSA) is 28.4 Å². The monoisotopic (exact) mass is 238 g/mol. The number of rotatable bonds is 7. The largest absolute Gasteiger partial charge is 0.392 e. The second-order valence-electron chi connectivity index (χ2n) is 5.08. The third-order valence-electron chi connectivity index (χ3n) is 3.21. The van der Waals surface area contributed by atoms with Gasteiger partial charge >= 0.3 is 0 Å². The highest BCUT2D eigenvalue weighted by atomic mass is 16.3. The predicted molar refractivity (Wildman–Crippen MR) is 71.9 cm³/mol. The van der Waals surface area contributed by atoms with E-state index in [2.05, 4.69) is 55.6 Å². The molecule has 0 aromatic carbocycles. The minimum atomic E-state index is -0.206. The number of nitrogens with zero attached hydrogens (tertiary/aromatic N) is 2. The molecule has 0 aliphatic rings. The van der Waals surface area contributed by atoms with E-state index in [1.807, 2.05) is 0 Å². The lowest BCUT2D eigenvalue weighted by Crippen LogP contribution is -2.37. The summed E-state index contributed by atoms with van der Waals surface area (Å²) in [6.45, 7) is 8.14. The van der Waals surface area contributed by atoms with Crippen LogP contribution in [-0.4, -0.2) is 33.3 Å². The molecule has 1 aromatic heterocycles. The molecule has 0 aliphatic heterocycles. The van der Waals surface area contributed by atoms with E-state index in [-0.39, 0.29) is 6.10 Å². The van der Waals surface area contributed by atoms with Crippen molar-refractivity contribution < 1.29 is 5.11 Å². The summed E-state index contributed by atoms with van der Waals surface area (Å²) in [5.41, 5.74) is 1.29. The number of hydrogen-bond acceptors (Lipinski definition) is 2. The molecule has 0 spiro atoms. The van der Waals surface area contributed by atoms with E-state index in [0.717, 1.165) is 25.9 Å². The highest BCUT2D eigenvalue weighted by Crippen LogP contribution is 2.10. The zero-order chi connectivity index (χ0) is 12.8. The molecule has 17 heavy (non-hydrogen) atoms. The highest BCUT2D eigenvalue weighted by molar-refractivity contribution is 5.06. The molecule has 0 fully saturated rings. The van der Waals surface area contributed by atoms with Gasteiger partial charge in [0, 0.05) is 38.1 Å². The molecule has 0 saturated heterocycles. The standard InChI is InChI=1S/C14H26N2O/c1-5-7-14(17)11-16(12(2)3)10-13-8-6-9-15(13)4/h6,8-9,12,14,17H,5,7,10-11H2,1-4H3. The van der Waals surface area contributed by atoms with Gasteiger partial charge in [-0.1, -0.05) is 13.3 Å². The van der Waals surface area contributed by atoms with Crippen LogP contribution >= 0.6 is 0 Å². The molecule has 0 saturated carbocycles. The van der Waals surface area contributed by atoms with Gasteiger partial charge in [-0.2, -0.15) is 0 Å². The number of aliphatic hydroxyl groups excluding tert-OH is 1. The Hall–Kier alpha value is -0.800. The molecule has 1 aromatic rings. The SMILES string of the molecule is CCCC(O)CN(Cc1cccn1C)C(C)C. The quantitative estimate of drug-likeness (QED) is 0.790. The molecule has 3 heteroatoms. The van der Waals surface area contributed by atoms with Crippen LogP contribution in [0.5, 0.6) is 0 Å². The number of aryl methyl sites for hydroxylation is 1. The van der Waals surface area contributed by atoms with Crippen LogP contribution in [0.1, 0.15) is 39.3 Å². The predicted octanol–water partition coefficient (Wildman–Crippen LogP) is 2.40. The number of aliphatic hydroxyl groups is 1. The van der Waals surface area contributed by atoms with Crippen LogP contribution < -0.4 is 0 Å². The van der Waals surface area contributed by atoms with E-state index in [4.69, 9.17) is 0 Å². The van der Waals surface area contributed by atoms with Gasteiger partial charge in [0.2, 0.25) is 0 Å². The summed E-state index contributed by atoms with van der Waals surface area (Å²) in [7, 11) is 2.07. The van der Waals surface area contributed by atoms with Gasteiger partial charge in [0.15, 0.2) is 0 Å².